The highest BCUT2D eigenvalue weighted by Crippen LogP contribution is 2.12. The Morgan fingerprint density at radius 2 is 1.90 bits per heavy atom. The molecule has 0 radical (unpaired) electrons. The monoisotopic (exact) mass is 294 g/mol. The van der Waals surface area contributed by atoms with Crippen molar-refractivity contribution < 1.29 is 8.42 Å². The number of nitrogens with one attached hydrogen (secondary N) is 1. The van der Waals surface area contributed by atoms with Crippen molar-refractivity contribution in [1.82, 2.24) is 9.78 Å². The van der Waals surface area contributed by atoms with Crippen molar-refractivity contribution in [2.45, 2.75) is 25.8 Å². The van der Waals surface area contributed by atoms with Crippen LogP contribution in [0.15, 0.2) is 36.7 Å². The van der Waals surface area contributed by atoms with Gasteiger partial charge in [0, 0.05) is 19.3 Å². The van der Waals surface area contributed by atoms with Crippen LogP contribution in [0.5, 0.6) is 0 Å². The zero-order chi connectivity index (χ0) is 14.6. The molecule has 1 aromatic carbocycles. The summed E-state index contributed by atoms with van der Waals surface area (Å²) >= 11 is 0. The van der Waals surface area contributed by atoms with Gasteiger partial charge in [0.05, 0.1) is 17.6 Å². The van der Waals surface area contributed by atoms with E-state index in [9.17, 15) is 8.42 Å². The van der Waals surface area contributed by atoms with Crippen molar-refractivity contribution in [3.8, 4) is 0 Å². The number of nitrogens with zero attached hydrogens (tertiary/aromatic N) is 2. The highest BCUT2D eigenvalue weighted by molar-refractivity contribution is 7.91. The Bertz CT molecular complexity index is 662. The van der Waals surface area contributed by atoms with Gasteiger partial charge in [-0.05, 0) is 18.1 Å². The predicted molar refractivity (Wildman–Crippen MR) is 78.5 cm³/mol. The fourth-order valence-electron chi connectivity index (χ4n) is 1.80. The lowest BCUT2D eigenvalue weighted by Gasteiger charge is -2.06. The molecule has 0 fully saturated rings. The molecule has 2 rings (SSSR count). The second-order valence-corrected chi connectivity index (χ2v) is 6.19. The van der Waals surface area contributed by atoms with Crippen LogP contribution in [0.25, 0.3) is 0 Å². The molecule has 0 spiro atoms. The quantitative estimate of drug-likeness (QED) is 0.840. The third-order valence-corrected chi connectivity index (χ3v) is 4.11. The Morgan fingerprint density at radius 3 is 2.45 bits per heavy atom. The fourth-order valence-corrected chi connectivity index (χ4v) is 2.96. The van der Waals surface area contributed by atoms with Gasteiger partial charge in [-0.3, -0.25) is 9.40 Å². The van der Waals surface area contributed by atoms with Crippen LogP contribution in [0.2, 0.25) is 0 Å². The van der Waals surface area contributed by atoms with E-state index in [1.165, 1.54) is 6.20 Å². The number of hydrogen-bond donors (Lipinski definition) is 2. The van der Waals surface area contributed by atoms with E-state index < -0.39 is 10.0 Å². The van der Waals surface area contributed by atoms with Crippen LogP contribution in [0, 0.1) is 0 Å². The van der Waals surface area contributed by atoms with Crippen LogP contribution in [0.4, 0.5) is 5.69 Å². The van der Waals surface area contributed by atoms with E-state index >= 15 is 0 Å². The maximum absolute atomic E-state index is 12.0. The van der Waals surface area contributed by atoms with Crippen LogP contribution >= 0.6 is 0 Å². The molecule has 0 saturated carbocycles. The molecular formula is C13H18N4O2S. The third kappa shape index (κ3) is 3.82. The first kappa shape index (κ1) is 14.5. The summed E-state index contributed by atoms with van der Waals surface area (Å²) in [7, 11) is -3.44. The lowest BCUT2D eigenvalue weighted by atomic mass is 10.1. The lowest BCUT2D eigenvalue weighted by Crippen LogP contribution is -2.14. The van der Waals surface area contributed by atoms with Gasteiger partial charge in [-0.25, -0.2) is 8.42 Å². The fraction of sp³-hybridized carbons (Fsp3) is 0.308. The molecule has 1 heterocycles. The first-order chi connectivity index (χ1) is 9.52. The molecule has 1 aromatic heterocycles. The number of aryl methyl sites for hydroxylation is 1. The Labute approximate surface area is 118 Å². The molecule has 0 amide bonds. The smallest absolute Gasteiger partial charge is 0.237 e. The molecule has 2 aromatic rings. The Hall–Kier alpha value is -1.86. The Kier molecular flexibility index (Phi) is 4.41. The molecule has 6 nitrogen and oxygen atoms in total. The second kappa shape index (κ2) is 6.06. The van der Waals surface area contributed by atoms with Gasteiger partial charge in [-0.1, -0.05) is 24.3 Å². The van der Waals surface area contributed by atoms with Crippen molar-refractivity contribution in [3.05, 3.63) is 47.8 Å². The number of anilines is 1. The van der Waals surface area contributed by atoms with Crippen molar-refractivity contribution in [1.29, 1.82) is 0 Å². The minimum atomic E-state index is -3.44. The summed E-state index contributed by atoms with van der Waals surface area (Å²) < 4.78 is 28.3. The van der Waals surface area contributed by atoms with E-state index in [0.717, 1.165) is 11.1 Å². The van der Waals surface area contributed by atoms with Gasteiger partial charge in [0.1, 0.15) is 0 Å². The third-order valence-electron chi connectivity index (χ3n) is 2.85. The van der Waals surface area contributed by atoms with Crippen LogP contribution in [0.3, 0.4) is 0 Å². The number of hydrogen-bond acceptors (Lipinski definition) is 4. The van der Waals surface area contributed by atoms with Gasteiger partial charge in [0.2, 0.25) is 10.0 Å². The SMILES string of the molecule is CCn1cc(NS(=O)(=O)Cc2ccc(CN)cc2)cn1. The van der Waals surface area contributed by atoms with Crippen LogP contribution in [0.1, 0.15) is 18.1 Å². The number of sulfonamides is 1. The Morgan fingerprint density at radius 1 is 1.25 bits per heavy atom. The van der Waals surface area contributed by atoms with Crippen molar-refractivity contribution in [2.24, 2.45) is 5.73 Å². The number of aromatic nitrogens is 2. The summed E-state index contributed by atoms with van der Waals surface area (Å²) in [6.07, 6.45) is 3.16. The van der Waals surface area contributed by atoms with Crippen LogP contribution < -0.4 is 10.5 Å². The van der Waals surface area contributed by atoms with Crippen molar-refractivity contribution in [3.63, 3.8) is 0 Å². The summed E-state index contributed by atoms with van der Waals surface area (Å²) in [6, 6.07) is 7.22. The summed E-state index contributed by atoms with van der Waals surface area (Å²) in [5, 5.41) is 4.02. The van der Waals surface area contributed by atoms with Gasteiger partial charge in [0.25, 0.3) is 0 Å². The van der Waals surface area contributed by atoms with Gasteiger partial charge in [-0.2, -0.15) is 5.10 Å². The molecule has 0 bridgehead atoms. The second-order valence-electron chi connectivity index (χ2n) is 4.47. The zero-order valence-electron chi connectivity index (χ0n) is 11.3. The number of nitrogens with two attached hydrogens (primary N) is 1. The molecule has 20 heavy (non-hydrogen) atoms. The molecule has 0 aliphatic rings. The van der Waals surface area contributed by atoms with Gasteiger partial charge in [-0.15, -0.1) is 0 Å². The highest BCUT2D eigenvalue weighted by Gasteiger charge is 2.12. The molecule has 0 saturated heterocycles. The maximum Gasteiger partial charge on any atom is 0.237 e. The first-order valence-corrected chi connectivity index (χ1v) is 7.98. The van der Waals surface area contributed by atoms with Gasteiger partial charge < -0.3 is 5.73 Å². The summed E-state index contributed by atoms with van der Waals surface area (Å²) in [4.78, 5) is 0. The topological polar surface area (TPSA) is 90.0 Å². The summed E-state index contributed by atoms with van der Waals surface area (Å²) in [6.45, 7) is 3.08. The van der Waals surface area contributed by atoms with Crippen LogP contribution in [-0.2, 0) is 28.9 Å². The molecule has 0 unspecified atom stereocenters. The minimum absolute atomic E-state index is 0.0742. The molecule has 108 valence electrons. The van der Waals surface area contributed by atoms with Crippen molar-refractivity contribution >= 4 is 15.7 Å². The lowest BCUT2D eigenvalue weighted by molar-refractivity contribution is 0.600. The van der Waals surface area contributed by atoms with Crippen LogP contribution in [-0.4, -0.2) is 18.2 Å². The van der Waals surface area contributed by atoms with Gasteiger partial charge in [0.15, 0.2) is 0 Å². The molecule has 0 aliphatic carbocycles. The molecule has 3 N–H and O–H groups in total. The van der Waals surface area contributed by atoms with Crippen molar-refractivity contribution in [2.75, 3.05) is 4.72 Å². The molecule has 0 atom stereocenters. The minimum Gasteiger partial charge on any atom is -0.326 e. The molecule has 7 heteroatoms. The van der Waals surface area contributed by atoms with E-state index in [4.69, 9.17) is 5.73 Å². The van der Waals surface area contributed by atoms with Gasteiger partial charge >= 0.3 is 0 Å². The standard InChI is InChI=1S/C13H18N4O2S/c1-2-17-9-13(8-15-17)16-20(18,19)10-12-5-3-11(7-14)4-6-12/h3-6,8-9,16H,2,7,10,14H2,1H3. The van der Waals surface area contributed by atoms with E-state index in [1.54, 1.807) is 23.0 Å². The highest BCUT2D eigenvalue weighted by atomic mass is 32.2. The summed E-state index contributed by atoms with van der Waals surface area (Å²) in [5.41, 5.74) is 7.68. The number of rotatable bonds is 6. The first-order valence-electron chi connectivity index (χ1n) is 6.33. The largest absolute Gasteiger partial charge is 0.326 e. The zero-order valence-corrected chi connectivity index (χ0v) is 12.1. The molecule has 0 aliphatic heterocycles. The average Bonchev–Trinajstić information content (AvgIpc) is 2.86. The van der Waals surface area contributed by atoms with E-state index in [-0.39, 0.29) is 5.75 Å². The van der Waals surface area contributed by atoms with E-state index in [1.807, 2.05) is 19.1 Å². The Balaban J connectivity index is 2.06. The van der Waals surface area contributed by atoms with E-state index in [0.29, 0.717) is 18.8 Å². The maximum atomic E-state index is 12.0. The molecular weight excluding hydrogens is 276 g/mol. The summed E-state index contributed by atoms with van der Waals surface area (Å²) in [5.74, 6) is -0.0742. The average molecular weight is 294 g/mol. The van der Waals surface area contributed by atoms with E-state index in [2.05, 4.69) is 9.82 Å². The number of benzene rings is 1. The predicted octanol–water partition coefficient (Wildman–Crippen LogP) is 1.30. The normalized spacial score (nSPS) is 11.5.